The first-order chi connectivity index (χ1) is 17.4. The zero-order valence-corrected chi connectivity index (χ0v) is 19.5. The van der Waals surface area contributed by atoms with Crippen molar-refractivity contribution in [1.29, 1.82) is 0 Å². The Morgan fingerprint density at radius 1 is 1.22 bits per heavy atom. The summed E-state index contributed by atoms with van der Waals surface area (Å²) in [6.07, 6.45) is 7.44. The van der Waals surface area contributed by atoms with Crippen molar-refractivity contribution in [3.05, 3.63) is 53.8 Å². The van der Waals surface area contributed by atoms with Gasteiger partial charge in [-0.2, -0.15) is 0 Å². The van der Waals surface area contributed by atoms with E-state index in [9.17, 15) is 23.9 Å². The molecular weight excluding hydrogens is 473 g/mol. The summed E-state index contributed by atoms with van der Waals surface area (Å²) in [4.78, 5) is 50.1. The highest BCUT2D eigenvalue weighted by Gasteiger charge is 2.35. The number of ether oxygens (including phenoxy) is 1. The summed E-state index contributed by atoms with van der Waals surface area (Å²) in [5.41, 5.74) is 1.81. The number of rotatable bonds is 6. The predicted molar refractivity (Wildman–Crippen MR) is 123 cm³/mol. The van der Waals surface area contributed by atoms with Crippen LogP contribution in [-0.4, -0.2) is 104 Å². The first kappa shape index (κ1) is 23.7. The van der Waals surface area contributed by atoms with E-state index in [1.165, 1.54) is 17.2 Å². The topological polar surface area (TPSA) is 133 Å². The number of carbonyl (C=O) groups excluding carboxylic acids is 3. The molecule has 2 fully saturated rings. The highest BCUT2D eigenvalue weighted by atomic mass is 19.1. The fourth-order valence-corrected chi connectivity index (χ4v) is 4.58. The number of allylic oxidation sites excluding steroid dienone is 4. The summed E-state index contributed by atoms with van der Waals surface area (Å²) >= 11 is 0. The summed E-state index contributed by atoms with van der Waals surface area (Å²) in [5.74, 6) is -1.08. The van der Waals surface area contributed by atoms with Crippen LogP contribution in [0, 0.1) is 0 Å². The maximum Gasteiger partial charge on any atom is 0.414 e. The van der Waals surface area contributed by atoms with Gasteiger partial charge in [-0.05, 0) is 18.9 Å². The van der Waals surface area contributed by atoms with E-state index in [0.29, 0.717) is 56.1 Å². The highest BCUT2D eigenvalue weighted by molar-refractivity contribution is 5.95. The largest absolute Gasteiger partial charge is 0.441 e. The minimum Gasteiger partial charge on any atom is -0.441 e. The second-order valence-corrected chi connectivity index (χ2v) is 8.75. The van der Waals surface area contributed by atoms with Crippen molar-refractivity contribution >= 4 is 23.6 Å². The van der Waals surface area contributed by atoms with Crippen molar-refractivity contribution in [1.82, 2.24) is 34.4 Å². The predicted octanol–water partition coefficient (Wildman–Crippen LogP) is 0.275. The summed E-state index contributed by atoms with van der Waals surface area (Å²) in [6.45, 7) is 1.50. The number of nitrogens with one attached hydrogen (secondary N) is 1. The molecule has 2 N–H and O–H groups in total. The molecule has 0 spiro atoms. The molecule has 4 heterocycles. The lowest BCUT2D eigenvalue weighted by Gasteiger charge is -2.38. The second kappa shape index (κ2) is 9.93. The van der Waals surface area contributed by atoms with Crippen LogP contribution in [-0.2, 0) is 9.53 Å². The van der Waals surface area contributed by atoms with Gasteiger partial charge < -0.3 is 29.4 Å². The van der Waals surface area contributed by atoms with Crippen molar-refractivity contribution in [2.24, 2.45) is 0 Å². The Morgan fingerprint density at radius 2 is 2.03 bits per heavy atom. The van der Waals surface area contributed by atoms with Crippen LogP contribution in [0.15, 0.2) is 48.1 Å². The van der Waals surface area contributed by atoms with Gasteiger partial charge in [0.2, 0.25) is 5.91 Å². The van der Waals surface area contributed by atoms with Gasteiger partial charge in [-0.1, -0.05) is 0 Å². The number of cyclic esters (lactones) is 1. The number of halogens is 1. The summed E-state index contributed by atoms with van der Waals surface area (Å²) < 4.78 is 21.6. The average Bonchev–Trinajstić information content (AvgIpc) is 3.50. The summed E-state index contributed by atoms with van der Waals surface area (Å²) in [6, 6.07) is 0. The van der Waals surface area contributed by atoms with Gasteiger partial charge in [-0.3, -0.25) is 19.5 Å². The van der Waals surface area contributed by atoms with Gasteiger partial charge in [0.25, 0.3) is 5.91 Å². The Kier molecular flexibility index (Phi) is 6.55. The molecule has 13 heteroatoms. The van der Waals surface area contributed by atoms with Gasteiger partial charge >= 0.3 is 6.09 Å². The standard InChI is InChI=1S/C23H26FN7O5/c24-17-9-15(31-12-16(14-32)36-23(31)35)1-2-19(17)28-5-7-29(8-6-28)21(33)11-26-22(34)18-13-30-4-3-25-10-20(30)27-18/h3-4,9-10,13,16,32H,1-2,5-8,11-12,14H2,(H,26,34). The number of imidazole rings is 1. The van der Waals surface area contributed by atoms with Crippen molar-refractivity contribution < 1.29 is 28.6 Å². The number of carbonyl (C=O) groups is 3. The Morgan fingerprint density at radius 3 is 2.72 bits per heavy atom. The number of piperazine rings is 1. The van der Waals surface area contributed by atoms with E-state index in [1.54, 1.807) is 27.9 Å². The molecule has 1 unspecified atom stereocenters. The fraction of sp³-hybridized carbons (Fsp3) is 0.435. The van der Waals surface area contributed by atoms with Gasteiger partial charge in [0.1, 0.15) is 17.6 Å². The Balaban J connectivity index is 1.13. The Bertz CT molecular complexity index is 1220. The molecule has 0 bridgehead atoms. The highest BCUT2D eigenvalue weighted by Crippen LogP contribution is 2.32. The molecule has 2 aromatic rings. The van der Waals surface area contributed by atoms with Crippen molar-refractivity contribution in [3.63, 3.8) is 0 Å². The van der Waals surface area contributed by atoms with Crippen LogP contribution in [0.4, 0.5) is 9.18 Å². The van der Waals surface area contributed by atoms with Crippen molar-refractivity contribution in [2.75, 3.05) is 45.9 Å². The number of nitrogens with zero attached hydrogens (tertiary/aromatic N) is 6. The number of aromatic nitrogens is 3. The smallest absolute Gasteiger partial charge is 0.414 e. The third-order valence-corrected chi connectivity index (χ3v) is 6.52. The van der Waals surface area contributed by atoms with Gasteiger partial charge in [0.15, 0.2) is 5.65 Å². The minimum absolute atomic E-state index is 0.158. The van der Waals surface area contributed by atoms with Crippen LogP contribution >= 0.6 is 0 Å². The maximum atomic E-state index is 14.9. The van der Waals surface area contributed by atoms with E-state index in [2.05, 4.69) is 15.3 Å². The van der Waals surface area contributed by atoms with Crippen LogP contribution in [0.25, 0.3) is 5.65 Å². The molecule has 2 aromatic heterocycles. The molecule has 0 aromatic carbocycles. The quantitative estimate of drug-likeness (QED) is 0.579. The molecule has 1 aliphatic carbocycles. The van der Waals surface area contributed by atoms with Gasteiger partial charge in [-0.15, -0.1) is 0 Å². The van der Waals surface area contributed by atoms with E-state index in [-0.39, 0.29) is 31.3 Å². The number of aliphatic hydroxyl groups excluding tert-OH is 1. The zero-order chi connectivity index (χ0) is 25.2. The molecule has 0 saturated carbocycles. The number of hydrogen-bond acceptors (Lipinski definition) is 8. The molecule has 0 radical (unpaired) electrons. The molecule has 2 saturated heterocycles. The molecule has 12 nitrogen and oxygen atoms in total. The van der Waals surface area contributed by atoms with Crippen LogP contribution in [0.5, 0.6) is 0 Å². The van der Waals surface area contributed by atoms with Crippen molar-refractivity contribution in [2.45, 2.75) is 18.9 Å². The van der Waals surface area contributed by atoms with Crippen LogP contribution in [0.2, 0.25) is 0 Å². The average molecular weight is 500 g/mol. The minimum atomic E-state index is -0.598. The second-order valence-electron chi connectivity index (χ2n) is 8.75. The SMILES string of the molecule is O=C(NCC(=O)N1CCN(C2=C(F)C=C(N3CC(CO)OC3=O)CC2)CC1)c1cn2ccncc2n1. The zero-order valence-electron chi connectivity index (χ0n) is 19.5. The fourth-order valence-electron chi connectivity index (χ4n) is 4.58. The Hall–Kier alpha value is -4.00. The molecule has 3 aliphatic rings. The lowest BCUT2D eigenvalue weighted by Crippen LogP contribution is -2.51. The molecule has 190 valence electrons. The van der Waals surface area contributed by atoms with Gasteiger partial charge in [0, 0.05) is 50.5 Å². The first-order valence-electron chi connectivity index (χ1n) is 11.7. The molecule has 3 amide bonds. The monoisotopic (exact) mass is 499 g/mol. The van der Waals surface area contributed by atoms with Gasteiger partial charge in [-0.25, -0.2) is 14.2 Å². The number of amides is 3. The van der Waals surface area contributed by atoms with Crippen LogP contribution < -0.4 is 5.32 Å². The molecule has 36 heavy (non-hydrogen) atoms. The molecule has 1 atom stereocenters. The first-order valence-corrected chi connectivity index (χ1v) is 11.7. The van der Waals surface area contributed by atoms with Gasteiger partial charge in [0.05, 0.1) is 31.6 Å². The third kappa shape index (κ3) is 4.73. The lowest BCUT2D eigenvalue weighted by atomic mass is 10.0. The molecular formula is C23H26FN7O5. The Labute approximate surface area is 205 Å². The third-order valence-electron chi connectivity index (χ3n) is 6.52. The van der Waals surface area contributed by atoms with E-state index >= 15 is 0 Å². The lowest BCUT2D eigenvalue weighted by molar-refractivity contribution is -0.131. The van der Waals surface area contributed by atoms with Crippen molar-refractivity contribution in [3.8, 4) is 0 Å². The van der Waals surface area contributed by atoms with E-state index in [0.717, 1.165) is 0 Å². The molecule has 5 rings (SSSR count). The van der Waals surface area contributed by atoms with E-state index < -0.39 is 23.9 Å². The molecule has 2 aliphatic heterocycles. The van der Waals surface area contributed by atoms with Crippen LogP contribution in [0.3, 0.4) is 0 Å². The van der Waals surface area contributed by atoms with E-state index in [4.69, 9.17) is 4.74 Å². The maximum absolute atomic E-state index is 14.9. The normalized spacial score (nSPS) is 20.6. The van der Waals surface area contributed by atoms with E-state index in [1.807, 2.05) is 4.90 Å². The number of fused-ring (bicyclic) bond motifs is 1. The number of aliphatic hydroxyl groups is 1. The summed E-state index contributed by atoms with van der Waals surface area (Å²) in [7, 11) is 0. The number of hydrogen-bond donors (Lipinski definition) is 2. The van der Waals surface area contributed by atoms with Crippen LogP contribution in [0.1, 0.15) is 23.3 Å². The summed E-state index contributed by atoms with van der Waals surface area (Å²) in [5, 5.41) is 11.8.